The van der Waals surface area contributed by atoms with Crippen molar-refractivity contribution in [2.75, 3.05) is 70.0 Å². The van der Waals surface area contributed by atoms with Gasteiger partial charge in [-0.3, -0.25) is 9.80 Å². The summed E-state index contributed by atoms with van der Waals surface area (Å²) in [6.45, 7) is 4.58. The standard InChI is InChI=1S/C19H28N2O4S2/c1-23-16-4-3-5-17(24-2)18(16)25-19(22)15(21-8-12-27-13-9-21)14-20-6-10-26-11-7-20/h3-5,15H,6-14H2,1-2H3. The Bertz CT molecular complexity index is 597. The lowest BCUT2D eigenvalue weighted by Crippen LogP contribution is -2.53. The Hall–Kier alpha value is -1.09. The van der Waals surface area contributed by atoms with E-state index in [1.807, 2.05) is 29.6 Å². The summed E-state index contributed by atoms with van der Waals surface area (Å²) in [7, 11) is 3.13. The average Bonchev–Trinajstić information content (AvgIpc) is 2.73. The van der Waals surface area contributed by atoms with E-state index in [1.54, 1.807) is 26.4 Å². The van der Waals surface area contributed by atoms with Gasteiger partial charge in [-0.1, -0.05) is 6.07 Å². The van der Waals surface area contributed by atoms with Gasteiger partial charge in [0.25, 0.3) is 0 Å². The molecule has 6 nitrogen and oxygen atoms in total. The summed E-state index contributed by atoms with van der Waals surface area (Å²) in [5, 5.41) is 0. The van der Waals surface area contributed by atoms with Crippen LogP contribution in [0.3, 0.4) is 0 Å². The number of esters is 1. The summed E-state index contributed by atoms with van der Waals surface area (Å²) in [6, 6.07) is 5.10. The van der Waals surface area contributed by atoms with E-state index >= 15 is 0 Å². The van der Waals surface area contributed by atoms with Gasteiger partial charge in [0.05, 0.1) is 14.2 Å². The van der Waals surface area contributed by atoms with Gasteiger partial charge in [0.15, 0.2) is 11.5 Å². The molecule has 1 atom stereocenters. The fourth-order valence-corrected chi connectivity index (χ4v) is 5.25. The van der Waals surface area contributed by atoms with Crippen LogP contribution in [0.5, 0.6) is 17.2 Å². The fraction of sp³-hybridized carbons (Fsp3) is 0.632. The first-order chi connectivity index (χ1) is 13.2. The first-order valence-electron chi connectivity index (χ1n) is 9.27. The average molecular weight is 413 g/mol. The van der Waals surface area contributed by atoms with Crippen molar-refractivity contribution in [3.05, 3.63) is 18.2 Å². The quantitative estimate of drug-likeness (QED) is 0.498. The molecule has 0 saturated carbocycles. The van der Waals surface area contributed by atoms with Gasteiger partial charge >= 0.3 is 5.97 Å². The zero-order valence-electron chi connectivity index (χ0n) is 16.0. The molecule has 0 spiro atoms. The molecule has 2 saturated heterocycles. The number of hydrogen-bond acceptors (Lipinski definition) is 8. The van der Waals surface area contributed by atoms with E-state index in [2.05, 4.69) is 9.80 Å². The minimum absolute atomic E-state index is 0.233. The summed E-state index contributed by atoms with van der Waals surface area (Å²) in [5.41, 5.74) is 0. The molecule has 2 aliphatic heterocycles. The molecule has 1 aromatic rings. The SMILES string of the molecule is COc1cccc(OC)c1OC(=O)C(CN1CCSCC1)N1CCSCC1. The van der Waals surface area contributed by atoms with Crippen LogP contribution in [0, 0.1) is 0 Å². The summed E-state index contributed by atoms with van der Waals surface area (Å²) < 4.78 is 16.6. The Kier molecular flexibility index (Phi) is 7.99. The smallest absolute Gasteiger partial charge is 0.330 e. The third kappa shape index (κ3) is 5.47. The van der Waals surface area contributed by atoms with Crippen molar-refractivity contribution >= 4 is 29.5 Å². The Morgan fingerprint density at radius 1 is 1.00 bits per heavy atom. The maximum absolute atomic E-state index is 13.2. The van der Waals surface area contributed by atoms with E-state index in [4.69, 9.17) is 14.2 Å². The van der Waals surface area contributed by atoms with Gasteiger partial charge in [0.2, 0.25) is 5.75 Å². The first kappa shape index (κ1) is 20.6. The Labute approximate surface area is 169 Å². The molecule has 2 heterocycles. The van der Waals surface area contributed by atoms with E-state index in [1.165, 1.54) is 0 Å². The van der Waals surface area contributed by atoms with Crippen LogP contribution in [0.1, 0.15) is 0 Å². The highest BCUT2D eigenvalue weighted by molar-refractivity contribution is 7.99. The summed E-state index contributed by atoms with van der Waals surface area (Å²) in [5.74, 6) is 5.49. The van der Waals surface area contributed by atoms with Crippen LogP contribution in [-0.2, 0) is 4.79 Å². The van der Waals surface area contributed by atoms with Gasteiger partial charge < -0.3 is 14.2 Å². The Morgan fingerprint density at radius 2 is 1.56 bits per heavy atom. The van der Waals surface area contributed by atoms with E-state index < -0.39 is 0 Å². The van der Waals surface area contributed by atoms with Crippen LogP contribution in [0.2, 0.25) is 0 Å². The Morgan fingerprint density at radius 3 is 2.11 bits per heavy atom. The molecule has 150 valence electrons. The van der Waals surface area contributed by atoms with Crippen LogP contribution < -0.4 is 14.2 Å². The van der Waals surface area contributed by atoms with Gasteiger partial charge in [0.1, 0.15) is 6.04 Å². The molecule has 27 heavy (non-hydrogen) atoms. The van der Waals surface area contributed by atoms with Crippen molar-refractivity contribution in [1.82, 2.24) is 9.80 Å². The summed E-state index contributed by atoms with van der Waals surface area (Å²) in [4.78, 5) is 17.9. The molecule has 0 aliphatic carbocycles. The van der Waals surface area contributed by atoms with Crippen LogP contribution in [0.15, 0.2) is 18.2 Å². The number of carbonyl (C=O) groups excluding carboxylic acids is 1. The maximum atomic E-state index is 13.2. The lowest BCUT2D eigenvalue weighted by Gasteiger charge is -2.37. The number of rotatable bonds is 7. The number of methoxy groups -OCH3 is 2. The predicted molar refractivity (Wildman–Crippen MR) is 112 cm³/mol. The third-order valence-electron chi connectivity index (χ3n) is 4.88. The van der Waals surface area contributed by atoms with E-state index in [0.29, 0.717) is 23.8 Å². The van der Waals surface area contributed by atoms with Crippen molar-refractivity contribution in [2.24, 2.45) is 0 Å². The molecule has 3 rings (SSSR count). The molecule has 1 unspecified atom stereocenters. The molecule has 2 aliphatic rings. The lowest BCUT2D eigenvalue weighted by atomic mass is 10.2. The van der Waals surface area contributed by atoms with Crippen molar-refractivity contribution in [3.8, 4) is 17.2 Å². The van der Waals surface area contributed by atoms with Gasteiger partial charge in [-0.25, -0.2) is 4.79 Å². The fourth-order valence-electron chi connectivity index (χ4n) is 3.34. The maximum Gasteiger partial charge on any atom is 0.330 e. The number of ether oxygens (including phenoxy) is 3. The number of carbonyl (C=O) groups is 1. The number of thioether (sulfide) groups is 2. The molecule has 8 heteroatoms. The third-order valence-corrected chi connectivity index (χ3v) is 6.76. The lowest BCUT2D eigenvalue weighted by molar-refractivity contribution is -0.141. The minimum Gasteiger partial charge on any atom is -0.493 e. The molecular formula is C19H28N2O4S2. The topological polar surface area (TPSA) is 51.2 Å². The van der Waals surface area contributed by atoms with E-state index in [0.717, 1.165) is 49.2 Å². The second kappa shape index (κ2) is 10.5. The molecule has 0 radical (unpaired) electrons. The van der Waals surface area contributed by atoms with Crippen molar-refractivity contribution in [3.63, 3.8) is 0 Å². The first-order valence-corrected chi connectivity index (χ1v) is 11.6. The van der Waals surface area contributed by atoms with Gasteiger partial charge in [0, 0.05) is 55.7 Å². The second-order valence-corrected chi connectivity index (χ2v) is 8.94. The molecule has 1 aromatic carbocycles. The number of nitrogens with zero attached hydrogens (tertiary/aromatic N) is 2. The van der Waals surface area contributed by atoms with Gasteiger partial charge in [-0.15, -0.1) is 0 Å². The van der Waals surface area contributed by atoms with Crippen LogP contribution in [-0.4, -0.2) is 91.8 Å². The van der Waals surface area contributed by atoms with Gasteiger partial charge in [-0.05, 0) is 12.1 Å². The summed E-state index contributed by atoms with van der Waals surface area (Å²) >= 11 is 3.91. The van der Waals surface area contributed by atoms with Crippen LogP contribution in [0.25, 0.3) is 0 Å². The van der Waals surface area contributed by atoms with Crippen LogP contribution in [0.4, 0.5) is 0 Å². The highest BCUT2D eigenvalue weighted by Gasteiger charge is 2.32. The number of para-hydroxylation sites is 1. The largest absolute Gasteiger partial charge is 0.493 e. The van der Waals surface area contributed by atoms with Crippen molar-refractivity contribution in [1.29, 1.82) is 0 Å². The molecule has 0 amide bonds. The van der Waals surface area contributed by atoms with Crippen molar-refractivity contribution in [2.45, 2.75) is 6.04 Å². The molecule has 0 aromatic heterocycles. The predicted octanol–water partition coefficient (Wildman–Crippen LogP) is 2.08. The second-order valence-electron chi connectivity index (χ2n) is 6.49. The Balaban J connectivity index is 1.77. The normalized spacial score (nSPS) is 20.1. The number of benzene rings is 1. The van der Waals surface area contributed by atoms with E-state index in [9.17, 15) is 4.79 Å². The zero-order chi connectivity index (χ0) is 19.1. The zero-order valence-corrected chi connectivity index (χ0v) is 17.7. The molecular weight excluding hydrogens is 384 g/mol. The van der Waals surface area contributed by atoms with Crippen molar-refractivity contribution < 1.29 is 19.0 Å². The highest BCUT2D eigenvalue weighted by Crippen LogP contribution is 2.37. The van der Waals surface area contributed by atoms with Gasteiger partial charge in [-0.2, -0.15) is 23.5 Å². The monoisotopic (exact) mass is 412 g/mol. The molecule has 0 bridgehead atoms. The highest BCUT2D eigenvalue weighted by atomic mass is 32.2. The van der Waals surface area contributed by atoms with E-state index in [-0.39, 0.29) is 12.0 Å². The summed E-state index contributed by atoms with van der Waals surface area (Å²) in [6.07, 6.45) is 0. The molecule has 0 N–H and O–H groups in total. The molecule has 2 fully saturated rings. The van der Waals surface area contributed by atoms with Crippen LogP contribution >= 0.6 is 23.5 Å². The minimum atomic E-state index is -0.274. The number of hydrogen-bond donors (Lipinski definition) is 0.